The van der Waals surface area contributed by atoms with Crippen LogP contribution in [0.1, 0.15) is 38.7 Å². The van der Waals surface area contributed by atoms with Crippen molar-refractivity contribution in [2.24, 2.45) is 0 Å². The van der Waals surface area contributed by atoms with Crippen LogP contribution in [0.15, 0.2) is 18.2 Å². The number of nitrogens with zero attached hydrogens (tertiary/aromatic N) is 1. The summed E-state index contributed by atoms with van der Waals surface area (Å²) < 4.78 is 5.12. The van der Waals surface area contributed by atoms with Crippen LogP contribution >= 0.6 is 23.2 Å². The quantitative estimate of drug-likeness (QED) is 0.768. The third-order valence-corrected chi connectivity index (χ3v) is 4.77. The van der Waals surface area contributed by atoms with Crippen molar-refractivity contribution in [2.75, 3.05) is 6.61 Å². The number of likely N-dealkylation sites (tertiary alicyclic amines) is 1. The van der Waals surface area contributed by atoms with Gasteiger partial charge in [0.25, 0.3) is 5.91 Å². The molecule has 1 aromatic rings. The predicted octanol–water partition coefficient (Wildman–Crippen LogP) is 3.87. The average molecular weight is 358 g/mol. The molecule has 126 valence electrons. The SMILES string of the molecule is CC1CCCC(C)N1C(=O)COC(=O)Cc1ccc(Cl)cc1Cl. The molecule has 0 aromatic heterocycles. The molecular weight excluding hydrogens is 337 g/mol. The molecule has 2 rings (SSSR count). The van der Waals surface area contributed by atoms with Crippen molar-refractivity contribution in [1.29, 1.82) is 0 Å². The molecular formula is C17H21Cl2NO3. The number of piperidine rings is 1. The normalized spacial score (nSPS) is 21.1. The third-order valence-electron chi connectivity index (χ3n) is 4.19. The van der Waals surface area contributed by atoms with Gasteiger partial charge in [-0.25, -0.2) is 0 Å². The zero-order valence-corrected chi connectivity index (χ0v) is 14.9. The summed E-state index contributed by atoms with van der Waals surface area (Å²) in [6, 6.07) is 5.31. The maximum Gasteiger partial charge on any atom is 0.310 e. The molecule has 2 unspecified atom stereocenters. The zero-order valence-electron chi connectivity index (χ0n) is 13.4. The summed E-state index contributed by atoms with van der Waals surface area (Å²) in [4.78, 5) is 26.0. The molecule has 2 atom stereocenters. The summed E-state index contributed by atoms with van der Waals surface area (Å²) in [5.74, 6) is -0.611. The Balaban J connectivity index is 1.87. The van der Waals surface area contributed by atoms with Crippen LogP contribution in [-0.4, -0.2) is 35.5 Å². The van der Waals surface area contributed by atoms with Gasteiger partial charge < -0.3 is 9.64 Å². The Kier molecular flexibility index (Phi) is 6.31. The number of benzene rings is 1. The van der Waals surface area contributed by atoms with Gasteiger partial charge in [0, 0.05) is 22.1 Å². The Hall–Kier alpha value is -1.26. The van der Waals surface area contributed by atoms with E-state index in [-0.39, 0.29) is 31.0 Å². The first-order valence-electron chi connectivity index (χ1n) is 7.79. The Labute approximate surface area is 146 Å². The first kappa shape index (κ1) is 18.1. The van der Waals surface area contributed by atoms with Crippen molar-refractivity contribution in [3.8, 4) is 0 Å². The second-order valence-electron chi connectivity index (χ2n) is 6.00. The molecule has 0 radical (unpaired) electrons. The maximum absolute atomic E-state index is 12.3. The largest absolute Gasteiger partial charge is 0.455 e. The van der Waals surface area contributed by atoms with Gasteiger partial charge in [-0.1, -0.05) is 29.3 Å². The van der Waals surface area contributed by atoms with E-state index in [1.54, 1.807) is 18.2 Å². The smallest absolute Gasteiger partial charge is 0.310 e. The van der Waals surface area contributed by atoms with Gasteiger partial charge >= 0.3 is 5.97 Å². The number of hydrogen-bond donors (Lipinski definition) is 0. The van der Waals surface area contributed by atoms with Crippen LogP contribution in [-0.2, 0) is 20.7 Å². The summed E-state index contributed by atoms with van der Waals surface area (Å²) >= 11 is 11.8. The van der Waals surface area contributed by atoms with Gasteiger partial charge in [-0.05, 0) is 50.8 Å². The number of ether oxygens (including phenoxy) is 1. The summed E-state index contributed by atoms with van der Waals surface area (Å²) in [5.41, 5.74) is 0.633. The second kappa shape index (κ2) is 8.02. The highest BCUT2D eigenvalue weighted by Gasteiger charge is 2.29. The number of carbonyl (C=O) groups excluding carboxylic acids is 2. The van der Waals surface area contributed by atoms with Crippen LogP contribution < -0.4 is 0 Å². The summed E-state index contributed by atoms with van der Waals surface area (Å²) in [7, 11) is 0. The molecule has 23 heavy (non-hydrogen) atoms. The van der Waals surface area contributed by atoms with Crippen molar-refractivity contribution in [3.63, 3.8) is 0 Å². The van der Waals surface area contributed by atoms with Crippen LogP contribution in [0.4, 0.5) is 0 Å². The minimum atomic E-state index is -0.472. The van der Waals surface area contributed by atoms with Crippen LogP contribution in [0, 0.1) is 0 Å². The highest BCUT2D eigenvalue weighted by Crippen LogP contribution is 2.23. The average Bonchev–Trinajstić information content (AvgIpc) is 2.48. The van der Waals surface area contributed by atoms with Gasteiger partial charge in [-0.2, -0.15) is 0 Å². The number of hydrogen-bond acceptors (Lipinski definition) is 3. The number of rotatable bonds is 4. The third kappa shape index (κ3) is 4.85. The van der Waals surface area contributed by atoms with Crippen molar-refractivity contribution >= 4 is 35.1 Å². The van der Waals surface area contributed by atoms with Gasteiger partial charge in [-0.15, -0.1) is 0 Å². The van der Waals surface area contributed by atoms with E-state index in [2.05, 4.69) is 0 Å². The lowest BCUT2D eigenvalue weighted by molar-refractivity contribution is -0.154. The highest BCUT2D eigenvalue weighted by molar-refractivity contribution is 6.35. The fraction of sp³-hybridized carbons (Fsp3) is 0.529. The minimum Gasteiger partial charge on any atom is -0.455 e. The van der Waals surface area contributed by atoms with E-state index in [0.29, 0.717) is 15.6 Å². The molecule has 4 nitrogen and oxygen atoms in total. The van der Waals surface area contributed by atoms with Crippen LogP contribution in [0.25, 0.3) is 0 Å². The number of esters is 1. The molecule has 1 aliphatic heterocycles. The maximum atomic E-state index is 12.3. The fourth-order valence-corrected chi connectivity index (χ4v) is 3.48. The zero-order chi connectivity index (χ0) is 17.0. The number of carbonyl (C=O) groups is 2. The highest BCUT2D eigenvalue weighted by atomic mass is 35.5. The van der Waals surface area contributed by atoms with E-state index in [9.17, 15) is 9.59 Å². The first-order chi connectivity index (χ1) is 10.9. The Morgan fingerprint density at radius 2 is 1.87 bits per heavy atom. The fourth-order valence-electron chi connectivity index (χ4n) is 3.00. The van der Waals surface area contributed by atoms with Gasteiger partial charge in [0.2, 0.25) is 0 Å². The standard InChI is InChI=1S/C17H21Cl2NO3/c1-11-4-3-5-12(2)20(11)16(21)10-23-17(22)8-13-6-7-14(18)9-15(13)19/h6-7,9,11-12H,3-5,8,10H2,1-2H3. The lowest BCUT2D eigenvalue weighted by atomic mass is 9.97. The topological polar surface area (TPSA) is 46.6 Å². The van der Waals surface area contributed by atoms with E-state index in [0.717, 1.165) is 19.3 Å². The number of halogens is 2. The molecule has 0 spiro atoms. The molecule has 1 amide bonds. The monoisotopic (exact) mass is 357 g/mol. The molecule has 0 saturated carbocycles. The molecule has 0 bridgehead atoms. The minimum absolute atomic E-state index is 0.0222. The molecule has 0 aliphatic carbocycles. The van der Waals surface area contributed by atoms with E-state index in [4.69, 9.17) is 27.9 Å². The van der Waals surface area contributed by atoms with Crippen molar-refractivity contribution in [3.05, 3.63) is 33.8 Å². The van der Waals surface area contributed by atoms with Gasteiger partial charge in [0.1, 0.15) is 0 Å². The van der Waals surface area contributed by atoms with Crippen LogP contribution in [0.3, 0.4) is 0 Å². The van der Waals surface area contributed by atoms with Crippen LogP contribution in [0.5, 0.6) is 0 Å². The molecule has 1 heterocycles. The Bertz CT molecular complexity index is 581. The van der Waals surface area contributed by atoms with E-state index in [1.807, 2.05) is 18.7 Å². The summed E-state index contributed by atoms with van der Waals surface area (Å²) in [5, 5.41) is 0.925. The predicted molar refractivity (Wildman–Crippen MR) is 90.7 cm³/mol. The first-order valence-corrected chi connectivity index (χ1v) is 8.54. The Morgan fingerprint density at radius 3 is 2.48 bits per heavy atom. The van der Waals surface area contributed by atoms with E-state index in [1.165, 1.54) is 0 Å². The van der Waals surface area contributed by atoms with E-state index >= 15 is 0 Å². The molecule has 6 heteroatoms. The second-order valence-corrected chi connectivity index (χ2v) is 6.85. The Morgan fingerprint density at radius 1 is 1.22 bits per heavy atom. The molecule has 1 saturated heterocycles. The summed E-state index contributed by atoms with van der Waals surface area (Å²) in [6.45, 7) is 3.84. The van der Waals surface area contributed by atoms with E-state index < -0.39 is 5.97 Å². The molecule has 0 N–H and O–H groups in total. The van der Waals surface area contributed by atoms with Crippen molar-refractivity contribution in [2.45, 2.75) is 51.6 Å². The number of amides is 1. The van der Waals surface area contributed by atoms with Crippen molar-refractivity contribution in [1.82, 2.24) is 4.90 Å². The van der Waals surface area contributed by atoms with Gasteiger partial charge in [0.15, 0.2) is 6.61 Å². The summed E-state index contributed by atoms with van der Waals surface area (Å²) in [6.07, 6.45) is 3.13. The molecule has 1 fully saturated rings. The molecule has 1 aliphatic rings. The van der Waals surface area contributed by atoms with Crippen molar-refractivity contribution < 1.29 is 14.3 Å². The van der Waals surface area contributed by atoms with Crippen LogP contribution in [0.2, 0.25) is 10.0 Å². The van der Waals surface area contributed by atoms with Gasteiger partial charge in [-0.3, -0.25) is 9.59 Å². The lowest BCUT2D eigenvalue weighted by Crippen LogP contribution is -2.49. The lowest BCUT2D eigenvalue weighted by Gasteiger charge is -2.38. The molecule has 1 aromatic carbocycles. The van der Waals surface area contributed by atoms with Gasteiger partial charge in [0.05, 0.1) is 6.42 Å².